The molecule has 0 saturated carbocycles. The monoisotopic (exact) mass is 282 g/mol. The fourth-order valence-corrected chi connectivity index (χ4v) is 1.24. The maximum Gasteiger partial charge on any atom is 0.411 e. The van der Waals surface area contributed by atoms with Gasteiger partial charge in [-0.1, -0.05) is 0 Å². The summed E-state index contributed by atoms with van der Waals surface area (Å²) in [6.07, 6.45) is -2.83. The smallest absolute Gasteiger partial charge is 0.383 e. The Hall–Kier alpha value is -1.19. The summed E-state index contributed by atoms with van der Waals surface area (Å²) in [4.78, 5) is 4.01. The van der Waals surface area contributed by atoms with E-state index >= 15 is 0 Å². The fourth-order valence-electron chi connectivity index (χ4n) is 1.24. The summed E-state index contributed by atoms with van der Waals surface area (Å²) >= 11 is 0. The number of hydrogen-bond acceptors (Lipinski definition) is 5. The summed E-state index contributed by atoms with van der Waals surface area (Å²) in [5.74, 6) is 0.576. The molecule has 0 radical (unpaired) electrons. The number of nitrogens with one attached hydrogen (secondary N) is 1. The molecule has 1 aromatic rings. The highest BCUT2D eigenvalue weighted by Gasteiger charge is 2.27. The van der Waals surface area contributed by atoms with Crippen LogP contribution in [0.3, 0.4) is 0 Å². The molecule has 1 aromatic heterocycles. The van der Waals surface area contributed by atoms with Gasteiger partial charge in [0, 0.05) is 13.7 Å². The number of ether oxygens (including phenoxy) is 2. The molecule has 0 aliphatic heterocycles. The van der Waals surface area contributed by atoms with Crippen molar-refractivity contribution in [3.8, 4) is 0 Å². The van der Waals surface area contributed by atoms with E-state index in [4.69, 9.17) is 4.74 Å². The molecule has 0 aliphatic carbocycles. The summed E-state index contributed by atoms with van der Waals surface area (Å²) in [5.41, 5.74) is 0. The van der Waals surface area contributed by atoms with Crippen LogP contribution < -0.4 is 5.32 Å². The lowest BCUT2D eigenvalue weighted by Crippen LogP contribution is -2.20. The van der Waals surface area contributed by atoms with Crippen LogP contribution in [0.4, 0.5) is 13.2 Å². The molecule has 0 amide bonds. The molecule has 0 atom stereocenters. The molecule has 0 fully saturated rings. The molecule has 6 nitrogen and oxygen atoms in total. The van der Waals surface area contributed by atoms with Crippen molar-refractivity contribution < 1.29 is 22.6 Å². The van der Waals surface area contributed by atoms with E-state index in [1.165, 1.54) is 11.0 Å². The van der Waals surface area contributed by atoms with Crippen LogP contribution in [0, 0.1) is 0 Å². The molecular formula is C10H17F3N4O2. The molecule has 0 aromatic carbocycles. The number of hydrogen-bond donors (Lipinski definition) is 1. The van der Waals surface area contributed by atoms with E-state index in [1.807, 2.05) is 0 Å². The van der Waals surface area contributed by atoms with Gasteiger partial charge < -0.3 is 14.8 Å². The van der Waals surface area contributed by atoms with E-state index in [0.717, 1.165) is 0 Å². The zero-order chi connectivity index (χ0) is 14.1. The molecular weight excluding hydrogens is 265 g/mol. The third kappa shape index (κ3) is 7.75. The highest BCUT2D eigenvalue weighted by Crippen LogP contribution is 2.14. The Morgan fingerprint density at radius 3 is 2.84 bits per heavy atom. The number of methoxy groups -OCH3 is 1. The summed E-state index contributed by atoms with van der Waals surface area (Å²) in [7, 11) is 1.61. The lowest BCUT2D eigenvalue weighted by atomic mass is 10.5. The first-order chi connectivity index (χ1) is 9.01. The zero-order valence-electron chi connectivity index (χ0n) is 10.6. The molecule has 0 aliphatic rings. The van der Waals surface area contributed by atoms with E-state index in [1.54, 1.807) is 7.11 Å². The van der Waals surface area contributed by atoms with Crippen LogP contribution in [0.1, 0.15) is 5.82 Å². The van der Waals surface area contributed by atoms with E-state index in [-0.39, 0.29) is 13.2 Å². The van der Waals surface area contributed by atoms with Gasteiger partial charge in [0.2, 0.25) is 0 Å². The number of halogens is 3. The van der Waals surface area contributed by atoms with Gasteiger partial charge in [-0.05, 0) is 0 Å². The Morgan fingerprint density at radius 2 is 2.16 bits per heavy atom. The van der Waals surface area contributed by atoms with Gasteiger partial charge in [0.05, 0.1) is 26.3 Å². The number of alkyl halides is 3. The van der Waals surface area contributed by atoms with E-state index in [9.17, 15) is 13.2 Å². The average molecular weight is 282 g/mol. The minimum atomic E-state index is -4.29. The molecule has 0 bridgehead atoms. The quantitative estimate of drug-likeness (QED) is 0.672. The highest BCUT2D eigenvalue weighted by atomic mass is 19.4. The Morgan fingerprint density at radius 1 is 1.37 bits per heavy atom. The summed E-state index contributed by atoms with van der Waals surface area (Å²) in [5, 5.41) is 7.14. The lowest BCUT2D eigenvalue weighted by molar-refractivity contribution is -0.174. The van der Waals surface area contributed by atoms with Crippen LogP contribution in [0.5, 0.6) is 0 Å². The molecule has 0 spiro atoms. The minimum Gasteiger partial charge on any atom is -0.383 e. The van der Waals surface area contributed by atoms with Crippen molar-refractivity contribution in [2.24, 2.45) is 0 Å². The minimum absolute atomic E-state index is 0.0561. The molecule has 0 unspecified atom stereocenters. The van der Waals surface area contributed by atoms with Crippen LogP contribution in [0.15, 0.2) is 6.33 Å². The number of aromatic nitrogens is 3. The number of nitrogens with zero attached hydrogens (tertiary/aromatic N) is 3. The molecule has 1 heterocycles. The first kappa shape index (κ1) is 15.9. The Bertz CT molecular complexity index is 357. The van der Waals surface area contributed by atoms with Crippen LogP contribution in [0.2, 0.25) is 0 Å². The van der Waals surface area contributed by atoms with Crippen molar-refractivity contribution in [1.29, 1.82) is 0 Å². The molecule has 110 valence electrons. The van der Waals surface area contributed by atoms with Crippen LogP contribution in [-0.2, 0) is 22.6 Å². The Balaban J connectivity index is 2.16. The lowest BCUT2D eigenvalue weighted by Gasteiger charge is -2.07. The van der Waals surface area contributed by atoms with Crippen LogP contribution in [0.25, 0.3) is 0 Å². The molecule has 1 rings (SSSR count). The van der Waals surface area contributed by atoms with Gasteiger partial charge in [-0.2, -0.15) is 18.3 Å². The maximum absolute atomic E-state index is 11.8. The molecule has 1 N–H and O–H groups in total. The molecule has 0 saturated heterocycles. The van der Waals surface area contributed by atoms with E-state index in [0.29, 0.717) is 25.5 Å². The maximum atomic E-state index is 11.8. The molecule has 9 heteroatoms. The van der Waals surface area contributed by atoms with Crippen molar-refractivity contribution in [2.45, 2.75) is 19.3 Å². The van der Waals surface area contributed by atoms with E-state index < -0.39 is 12.8 Å². The van der Waals surface area contributed by atoms with Crippen molar-refractivity contribution in [1.82, 2.24) is 20.1 Å². The second-order valence-electron chi connectivity index (χ2n) is 3.76. The predicted molar refractivity (Wildman–Crippen MR) is 60.5 cm³/mol. The number of rotatable bonds is 9. The normalized spacial score (nSPS) is 12.0. The van der Waals surface area contributed by atoms with Crippen molar-refractivity contribution in [2.75, 3.05) is 33.5 Å². The van der Waals surface area contributed by atoms with Gasteiger partial charge in [0.15, 0.2) is 5.82 Å². The van der Waals surface area contributed by atoms with Gasteiger partial charge in [0.1, 0.15) is 12.9 Å². The first-order valence-electron chi connectivity index (χ1n) is 5.74. The summed E-state index contributed by atoms with van der Waals surface area (Å²) < 4.78 is 46.2. The van der Waals surface area contributed by atoms with Gasteiger partial charge in [0.25, 0.3) is 0 Å². The van der Waals surface area contributed by atoms with Gasteiger partial charge in [-0.25, -0.2) is 4.98 Å². The van der Waals surface area contributed by atoms with Crippen LogP contribution in [-0.4, -0.2) is 54.4 Å². The zero-order valence-corrected chi connectivity index (χ0v) is 10.6. The fraction of sp³-hybridized carbons (Fsp3) is 0.800. The Labute approximate surface area is 108 Å². The summed E-state index contributed by atoms with van der Waals surface area (Å²) in [6.45, 7) is 0.694. The topological polar surface area (TPSA) is 61.2 Å². The summed E-state index contributed by atoms with van der Waals surface area (Å²) in [6, 6.07) is 0. The van der Waals surface area contributed by atoms with Gasteiger partial charge in [-0.3, -0.25) is 4.68 Å². The first-order valence-corrected chi connectivity index (χ1v) is 5.74. The van der Waals surface area contributed by atoms with Crippen LogP contribution >= 0.6 is 0 Å². The third-order valence-electron chi connectivity index (χ3n) is 2.08. The third-order valence-corrected chi connectivity index (χ3v) is 2.08. The van der Waals surface area contributed by atoms with Crippen molar-refractivity contribution in [3.63, 3.8) is 0 Å². The second kappa shape index (κ2) is 8.08. The van der Waals surface area contributed by atoms with Crippen molar-refractivity contribution >= 4 is 0 Å². The molecule has 19 heavy (non-hydrogen) atoms. The largest absolute Gasteiger partial charge is 0.411 e. The predicted octanol–water partition coefficient (Wildman–Crippen LogP) is 0.593. The standard InChI is InChI=1S/C10H17F3N4O2/c1-18-4-2-14-6-9-15-8-17(16-9)3-5-19-7-10(11,12)13/h8,14H,2-7H2,1H3. The Kier molecular flexibility index (Phi) is 6.74. The highest BCUT2D eigenvalue weighted by molar-refractivity contribution is 4.80. The van der Waals surface area contributed by atoms with Gasteiger partial charge >= 0.3 is 6.18 Å². The van der Waals surface area contributed by atoms with Crippen molar-refractivity contribution in [3.05, 3.63) is 12.2 Å². The second-order valence-corrected chi connectivity index (χ2v) is 3.76. The van der Waals surface area contributed by atoms with E-state index in [2.05, 4.69) is 20.1 Å². The average Bonchev–Trinajstić information content (AvgIpc) is 2.77. The van der Waals surface area contributed by atoms with Gasteiger partial charge in [-0.15, -0.1) is 0 Å². The SMILES string of the molecule is COCCNCc1ncn(CCOCC(F)(F)F)n1.